The van der Waals surface area contributed by atoms with Gasteiger partial charge in [-0.15, -0.1) is 0 Å². The minimum Gasteiger partial charge on any atom is -0.489 e. The molecule has 0 spiro atoms. The Morgan fingerprint density at radius 2 is 1.86 bits per heavy atom. The molecule has 0 radical (unpaired) electrons. The number of rotatable bonds is 8. The monoisotopic (exact) mass is 286 g/mol. The Hall–Kier alpha value is -1.84. The first-order valence-corrected chi connectivity index (χ1v) is 7.32. The molecule has 2 rings (SSSR count). The number of aliphatic hydroxyl groups is 1. The van der Waals surface area contributed by atoms with Crippen LogP contribution in [0.3, 0.4) is 0 Å². The Morgan fingerprint density at radius 1 is 1.05 bits per heavy atom. The van der Waals surface area contributed by atoms with Gasteiger partial charge in [0.2, 0.25) is 0 Å². The fraction of sp³-hybridized carbons (Fsp3) is 0.333. The Kier molecular flexibility index (Phi) is 6.25. The van der Waals surface area contributed by atoms with Crippen LogP contribution in [-0.4, -0.2) is 18.3 Å². The van der Waals surface area contributed by atoms with Gasteiger partial charge in [-0.3, -0.25) is 0 Å². The topological polar surface area (TPSA) is 38.7 Å². The highest BCUT2D eigenvalue weighted by Gasteiger charge is 2.08. The summed E-state index contributed by atoms with van der Waals surface area (Å²) in [6.45, 7) is 3.55. The van der Waals surface area contributed by atoms with E-state index in [1.165, 1.54) is 0 Å². The van der Waals surface area contributed by atoms with E-state index in [9.17, 15) is 5.11 Å². The highest BCUT2D eigenvalue weighted by Crippen LogP contribution is 2.20. The second-order valence-corrected chi connectivity index (χ2v) is 4.94. The molecule has 0 saturated carbocycles. The van der Waals surface area contributed by atoms with Crippen molar-refractivity contribution < 1.29 is 14.6 Å². The smallest absolute Gasteiger partial charge is 0.120 e. The SMILES string of the molecule is CCCOCC(O)c1cccc(OCc2ccccc2)c1. The molecular weight excluding hydrogens is 264 g/mol. The van der Waals surface area contributed by atoms with Crippen LogP contribution in [0, 0.1) is 0 Å². The molecule has 0 bridgehead atoms. The lowest BCUT2D eigenvalue weighted by molar-refractivity contribution is 0.0362. The lowest BCUT2D eigenvalue weighted by Crippen LogP contribution is -2.08. The van der Waals surface area contributed by atoms with Crippen molar-refractivity contribution >= 4 is 0 Å². The molecule has 1 atom stereocenters. The van der Waals surface area contributed by atoms with Gasteiger partial charge < -0.3 is 14.6 Å². The molecule has 3 heteroatoms. The lowest BCUT2D eigenvalue weighted by atomic mass is 10.1. The zero-order chi connectivity index (χ0) is 14.9. The number of hydrogen-bond acceptors (Lipinski definition) is 3. The molecule has 2 aromatic carbocycles. The van der Waals surface area contributed by atoms with E-state index in [1.54, 1.807) is 0 Å². The van der Waals surface area contributed by atoms with Crippen molar-refractivity contribution in [3.05, 3.63) is 65.7 Å². The molecule has 21 heavy (non-hydrogen) atoms. The van der Waals surface area contributed by atoms with Crippen LogP contribution in [0.5, 0.6) is 5.75 Å². The molecule has 0 aromatic heterocycles. The third-order valence-corrected chi connectivity index (χ3v) is 3.12. The van der Waals surface area contributed by atoms with Crippen molar-refractivity contribution in [1.82, 2.24) is 0 Å². The summed E-state index contributed by atoms with van der Waals surface area (Å²) in [5, 5.41) is 10.1. The largest absolute Gasteiger partial charge is 0.489 e. The van der Waals surface area contributed by atoms with Crippen molar-refractivity contribution in [3.8, 4) is 5.75 Å². The second kappa shape index (κ2) is 8.45. The standard InChI is InChI=1S/C18H22O3/c1-2-11-20-14-18(19)16-9-6-10-17(12-16)21-13-15-7-4-3-5-8-15/h3-10,12,18-19H,2,11,13-14H2,1H3. The van der Waals surface area contributed by atoms with E-state index in [2.05, 4.69) is 0 Å². The van der Waals surface area contributed by atoms with Crippen LogP contribution in [0.1, 0.15) is 30.6 Å². The summed E-state index contributed by atoms with van der Waals surface area (Å²) < 4.78 is 11.1. The summed E-state index contributed by atoms with van der Waals surface area (Å²) in [5.41, 5.74) is 1.94. The molecule has 0 fully saturated rings. The summed E-state index contributed by atoms with van der Waals surface area (Å²) in [6.07, 6.45) is 0.337. The van der Waals surface area contributed by atoms with Gasteiger partial charge in [0.05, 0.1) is 6.61 Å². The van der Waals surface area contributed by atoms with E-state index in [1.807, 2.05) is 61.5 Å². The molecular formula is C18H22O3. The summed E-state index contributed by atoms with van der Waals surface area (Å²) in [4.78, 5) is 0. The minimum absolute atomic E-state index is 0.315. The number of hydrogen-bond donors (Lipinski definition) is 1. The van der Waals surface area contributed by atoms with E-state index >= 15 is 0 Å². The van der Waals surface area contributed by atoms with Crippen molar-refractivity contribution in [3.63, 3.8) is 0 Å². The number of aliphatic hydroxyl groups excluding tert-OH is 1. The van der Waals surface area contributed by atoms with Crippen molar-refractivity contribution in [2.45, 2.75) is 26.1 Å². The molecule has 0 amide bonds. The third kappa shape index (κ3) is 5.21. The summed E-state index contributed by atoms with van der Waals surface area (Å²) >= 11 is 0. The van der Waals surface area contributed by atoms with E-state index in [-0.39, 0.29) is 0 Å². The molecule has 0 aliphatic rings. The fourth-order valence-electron chi connectivity index (χ4n) is 1.99. The maximum Gasteiger partial charge on any atom is 0.120 e. The van der Waals surface area contributed by atoms with Gasteiger partial charge in [0.15, 0.2) is 0 Å². The maximum absolute atomic E-state index is 10.1. The van der Waals surface area contributed by atoms with Crippen molar-refractivity contribution in [2.75, 3.05) is 13.2 Å². The van der Waals surface area contributed by atoms with Crippen LogP contribution in [0.25, 0.3) is 0 Å². The van der Waals surface area contributed by atoms with Gasteiger partial charge in [-0.25, -0.2) is 0 Å². The molecule has 0 heterocycles. The lowest BCUT2D eigenvalue weighted by Gasteiger charge is -2.13. The highest BCUT2D eigenvalue weighted by atomic mass is 16.5. The highest BCUT2D eigenvalue weighted by molar-refractivity contribution is 5.30. The van der Waals surface area contributed by atoms with Crippen LogP contribution in [0.15, 0.2) is 54.6 Å². The first-order valence-electron chi connectivity index (χ1n) is 7.32. The zero-order valence-corrected chi connectivity index (χ0v) is 12.4. The molecule has 0 aliphatic carbocycles. The van der Waals surface area contributed by atoms with E-state index in [4.69, 9.17) is 9.47 Å². The van der Waals surface area contributed by atoms with Gasteiger partial charge >= 0.3 is 0 Å². The molecule has 1 N–H and O–H groups in total. The molecule has 0 aliphatic heterocycles. The maximum atomic E-state index is 10.1. The van der Waals surface area contributed by atoms with Crippen LogP contribution in [-0.2, 0) is 11.3 Å². The summed E-state index contributed by atoms with van der Waals surface area (Å²) in [6, 6.07) is 17.5. The van der Waals surface area contributed by atoms with Crippen LogP contribution < -0.4 is 4.74 Å². The number of benzene rings is 2. The van der Waals surface area contributed by atoms with E-state index in [0.717, 1.165) is 23.3 Å². The van der Waals surface area contributed by atoms with Crippen LogP contribution in [0.2, 0.25) is 0 Å². The molecule has 3 nitrogen and oxygen atoms in total. The Bertz CT molecular complexity index is 525. The Labute approximate surface area is 126 Å². The van der Waals surface area contributed by atoms with Gasteiger partial charge in [-0.2, -0.15) is 0 Å². The summed E-state index contributed by atoms with van der Waals surface area (Å²) in [7, 11) is 0. The first-order chi connectivity index (χ1) is 10.3. The molecule has 1 unspecified atom stereocenters. The van der Waals surface area contributed by atoms with Gasteiger partial charge in [0.1, 0.15) is 18.5 Å². The average Bonchev–Trinajstić information content (AvgIpc) is 2.54. The predicted molar refractivity (Wildman–Crippen MR) is 83.3 cm³/mol. The number of ether oxygens (including phenoxy) is 2. The van der Waals surface area contributed by atoms with Crippen LogP contribution >= 0.6 is 0 Å². The summed E-state index contributed by atoms with van der Waals surface area (Å²) in [5.74, 6) is 0.755. The van der Waals surface area contributed by atoms with E-state index < -0.39 is 6.10 Å². The minimum atomic E-state index is -0.614. The Morgan fingerprint density at radius 3 is 2.62 bits per heavy atom. The molecule has 2 aromatic rings. The fourth-order valence-corrected chi connectivity index (χ4v) is 1.99. The Balaban J connectivity index is 1.91. The average molecular weight is 286 g/mol. The van der Waals surface area contributed by atoms with Crippen molar-refractivity contribution in [1.29, 1.82) is 0 Å². The van der Waals surface area contributed by atoms with E-state index in [0.29, 0.717) is 19.8 Å². The normalized spacial score (nSPS) is 12.1. The molecule has 112 valence electrons. The quantitative estimate of drug-likeness (QED) is 0.752. The van der Waals surface area contributed by atoms with Crippen LogP contribution in [0.4, 0.5) is 0 Å². The van der Waals surface area contributed by atoms with Gasteiger partial charge in [-0.1, -0.05) is 49.4 Å². The first kappa shape index (κ1) is 15.5. The van der Waals surface area contributed by atoms with Gasteiger partial charge in [-0.05, 0) is 29.7 Å². The van der Waals surface area contributed by atoms with Crippen molar-refractivity contribution in [2.24, 2.45) is 0 Å². The second-order valence-electron chi connectivity index (χ2n) is 4.94. The predicted octanol–water partition coefficient (Wildman–Crippen LogP) is 3.73. The third-order valence-electron chi connectivity index (χ3n) is 3.12. The molecule has 0 saturated heterocycles. The van der Waals surface area contributed by atoms with Gasteiger partial charge in [0.25, 0.3) is 0 Å². The van der Waals surface area contributed by atoms with Gasteiger partial charge in [0, 0.05) is 6.61 Å². The zero-order valence-electron chi connectivity index (χ0n) is 12.4.